The number of hydrogen-bond donors (Lipinski definition) is 1. The lowest BCUT2D eigenvalue weighted by molar-refractivity contribution is 0.0527. The van der Waals surface area contributed by atoms with Gasteiger partial charge in [-0.15, -0.1) is 0 Å². The van der Waals surface area contributed by atoms with Crippen LogP contribution in [0.25, 0.3) is 5.69 Å². The largest absolute Gasteiger partial charge is 0.462 e. The Morgan fingerprint density at radius 2 is 2.09 bits per heavy atom. The number of nitrogens with one attached hydrogen (secondary N) is 1. The standard InChI is InChI=1S/C13H13Cl2N3O4S/c1-3-22-13(19)9-7-16-18(12(9)17-23(2,20)21)11-5-4-8(14)6-10(11)15/h4-7,17H,3H2,1-2H3. The zero-order chi connectivity index (χ0) is 17.2. The normalized spacial score (nSPS) is 11.3. The summed E-state index contributed by atoms with van der Waals surface area (Å²) in [5, 5.41) is 4.68. The van der Waals surface area contributed by atoms with Gasteiger partial charge in [0.25, 0.3) is 0 Å². The number of hydrogen-bond acceptors (Lipinski definition) is 5. The molecule has 124 valence electrons. The Kier molecular flexibility index (Phi) is 5.18. The zero-order valence-electron chi connectivity index (χ0n) is 12.2. The molecule has 0 fully saturated rings. The first-order chi connectivity index (χ1) is 10.7. The van der Waals surface area contributed by atoms with Crippen LogP contribution in [0.5, 0.6) is 0 Å². The minimum atomic E-state index is -3.66. The van der Waals surface area contributed by atoms with Crippen LogP contribution in [0.15, 0.2) is 24.4 Å². The summed E-state index contributed by atoms with van der Waals surface area (Å²) in [4.78, 5) is 12.0. The molecule has 1 heterocycles. The molecule has 0 aliphatic carbocycles. The first-order valence-electron chi connectivity index (χ1n) is 6.41. The number of sulfonamides is 1. The number of carbonyl (C=O) groups excluding carboxylic acids is 1. The molecule has 0 unspecified atom stereocenters. The highest BCUT2D eigenvalue weighted by Gasteiger charge is 2.23. The molecule has 0 saturated carbocycles. The Morgan fingerprint density at radius 3 is 2.65 bits per heavy atom. The van der Waals surface area contributed by atoms with Crippen molar-refractivity contribution in [3.05, 3.63) is 40.0 Å². The highest BCUT2D eigenvalue weighted by atomic mass is 35.5. The van der Waals surface area contributed by atoms with Gasteiger partial charge in [0.2, 0.25) is 10.0 Å². The number of benzene rings is 1. The van der Waals surface area contributed by atoms with Crippen molar-refractivity contribution in [1.82, 2.24) is 9.78 Å². The van der Waals surface area contributed by atoms with Gasteiger partial charge >= 0.3 is 5.97 Å². The number of aromatic nitrogens is 2. The van der Waals surface area contributed by atoms with Gasteiger partial charge in [0.1, 0.15) is 5.56 Å². The fourth-order valence-electron chi connectivity index (χ4n) is 1.82. The number of nitrogens with zero attached hydrogens (tertiary/aromatic N) is 2. The molecule has 0 aliphatic heterocycles. The molecule has 0 spiro atoms. The van der Waals surface area contributed by atoms with Crippen molar-refractivity contribution in [3.63, 3.8) is 0 Å². The van der Waals surface area contributed by atoms with Gasteiger partial charge < -0.3 is 4.74 Å². The minimum Gasteiger partial charge on any atom is -0.462 e. The predicted octanol–water partition coefficient (Wildman–Crippen LogP) is 2.73. The maximum absolute atomic E-state index is 12.0. The van der Waals surface area contributed by atoms with E-state index in [1.807, 2.05) is 0 Å². The Bertz CT molecular complexity index is 849. The molecule has 0 radical (unpaired) electrons. The van der Waals surface area contributed by atoms with Crippen LogP contribution in [-0.4, -0.2) is 37.0 Å². The summed E-state index contributed by atoms with van der Waals surface area (Å²) in [6, 6.07) is 4.60. The second kappa shape index (κ2) is 6.77. The number of rotatable bonds is 5. The van der Waals surface area contributed by atoms with Crippen LogP contribution in [0.4, 0.5) is 5.82 Å². The number of ether oxygens (including phenoxy) is 1. The quantitative estimate of drug-likeness (QED) is 0.808. The molecule has 0 amide bonds. The van der Waals surface area contributed by atoms with E-state index >= 15 is 0 Å². The average molecular weight is 378 g/mol. The van der Waals surface area contributed by atoms with E-state index in [2.05, 4.69) is 9.82 Å². The molecular formula is C13H13Cl2N3O4S. The number of halogens is 2. The van der Waals surface area contributed by atoms with Gasteiger partial charge in [0.15, 0.2) is 5.82 Å². The molecule has 10 heteroatoms. The smallest absolute Gasteiger partial charge is 0.343 e. The minimum absolute atomic E-state index is 0.0247. The van der Waals surface area contributed by atoms with Crippen LogP contribution >= 0.6 is 23.2 Å². The third-order valence-electron chi connectivity index (χ3n) is 2.68. The lowest BCUT2D eigenvalue weighted by Gasteiger charge is -2.11. The van der Waals surface area contributed by atoms with Gasteiger partial charge in [-0.2, -0.15) is 5.10 Å². The van der Waals surface area contributed by atoms with Gasteiger partial charge in [-0.05, 0) is 25.1 Å². The van der Waals surface area contributed by atoms with Crippen molar-refractivity contribution in [2.75, 3.05) is 17.6 Å². The maximum atomic E-state index is 12.0. The van der Waals surface area contributed by atoms with E-state index in [-0.39, 0.29) is 23.0 Å². The first-order valence-corrected chi connectivity index (χ1v) is 9.06. The van der Waals surface area contributed by atoms with Crippen LogP contribution in [0.3, 0.4) is 0 Å². The molecule has 7 nitrogen and oxygen atoms in total. The molecule has 0 atom stereocenters. The van der Waals surface area contributed by atoms with E-state index in [9.17, 15) is 13.2 Å². The van der Waals surface area contributed by atoms with Crippen LogP contribution < -0.4 is 4.72 Å². The van der Waals surface area contributed by atoms with Gasteiger partial charge in [-0.1, -0.05) is 23.2 Å². The van der Waals surface area contributed by atoms with E-state index in [1.165, 1.54) is 16.9 Å². The maximum Gasteiger partial charge on any atom is 0.343 e. The van der Waals surface area contributed by atoms with Crippen LogP contribution in [0, 0.1) is 0 Å². The van der Waals surface area contributed by atoms with E-state index in [0.717, 1.165) is 6.26 Å². The average Bonchev–Trinajstić information content (AvgIpc) is 2.80. The fourth-order valence-corrected chi connectivity index (χ4v) is 2.85. The van der Waals surface area contributed by atoms with E-state index in [1.54, 1.807) is 19.1 Å². The van der Waals surface area contributed by atoms with Crippen molar-refractivity contribution in [2.45, 2.75) is 6.92 Å². The van der Waals surface area contributed by atoms with Crippen molar-refractivity contribution in [3.8, 4) is 5.69 Å². The second-order valence-corrected chi connectivity index (χ2v) is 7.10. The molecule has 0 saturated heterocycles. The van der Waals surface area contributed by atoms with Gasteiger partial charge in [-0.25, -0.2) is 17.9 Å². The third-order valence-corrected chi connectivity index (χ3v) is 3.79. The molecule has 1 N–H and O–H groups in total. The van der Waals surface area contributed by atoms with E-state index in [4.69, 9.17) is 27.9 Å². The summed E-state index contributed by atoms with van der Waals surface area (Å²) in [6.45, 7) is 1.78. The van der Waals surface area contributed by atoms with Crippen molar-refractivity contribution < 1.29 is 17.9 Å². The molecule has 23 heavy (non-hydrogen) atoms. The molecular weight excluding hydrogens is 365 g/mol. The molecule has 2 aromatic rings. The van der Waals surface area contributed by atoms with Gasteiger partial charge in [0.05, 0.1) is 29.8 Å². The second-order valence-electron chi connectivity index (χ2n) is 4.51. The number of carbonyl (C=O) groups is 1. The SMILES string of the molecule is CCOC(=O)c1cnn(-c2ccc(Cl)cc2Cl)c1NS(C)(=O)=O. The Morgan fingerprint density at radius 1 is 1.39 bits per heavy atom. The van der Waals surface area contributed by atoms with E-state index in [0.29, 0.717) is 10.7 Å². The van der Waals surface area contributed by atoms with Crippen LogP contribution in [-0.2, 0) is 14.8 Å². The number of esters is 1. The lowest BCUT2D eigenvalue weighted by atomic mass is 10.3. The zero-order valence-corrected chi connectivity index (χ0v) is 14.5. The van der Waals surface area contributed by atoms with Crippen LogP contribution in [0.1, 0.15) is 17.3 Å². The summed E-state index contributed by atoms with van der Waals surface area (Å²) in [6.07, 6.45) is 2.17. The third kappa shape index (κ3) is 4.15. The first kappa shape index (κ1) is 17.6. The topological polar surface area (TPSA) is 90.3 Å². The summed E-state index contributed by atoms with van der Waals surface area (Å²) < 4.78 is 31.5. The highest BCUT2D eigenvalue weighted by molar-refractivity contribution is 7.92. The summed E-state index contributed by atoms with van der Waals surface area (Å²) in [7, 11) is -3.66. The summed E-state index contributed by atoms with van der Waals surface area (Å²) in [5.41, 5.74) is 0.334. The molecule has 0 aliphatic rings. The van der Waals surface area contributed by atoms with Crippen LogP contribution in [0.2, 0.25) is 10.0 Å². The highest BCUT2D eigenvalue weighted by Crippen LogP contribution is 2.29. The van der Waals surface area contributed by atoms with Crippen molar-refractivity contribution in [1.29, 1.82) is 0 Å². The predicted molar refractivity (Wildman–Crippen MR) is 88.0 cm³/mol. The van der Waals surface area contributed by atoms with Gasteiger partial charge in [0, 0.05) is 5.02 Å². The molecule has 2 rings (SSSR count). The Balaban J connectivity index is 2.61. The van der Waals surface area contributed by atoms with Gasteiger partial charge in [-0.3, -0.25) is 4.72 Å². The molecule has 1 aromatic carbocycles. The summed E-state index contributed by atoms with van der Waals surface area (Å²) in [5.74, 6) is -0.759. The molecule has 0 bridgehead atoms. The van der Waals surface area contributed by atoms with Crippen molar-refractivity contribution >= 4 is 45.0 Å². The number of anilines is 1. The Labute approximate surface area is 143 Å². The lowest BCUT2D eigenvalue weighted by Crippen LogP contribution is -2.17. The van der Waals surface area contributed by atoms with Crippen molar-refractivity contribution in [2.24, 2.45) is 0 Å². The fraction of sp³-hybridized carbons (Fsp3) is 0.231. The van der Waals surface area contributed by atoms with E-state index < -0.39 is 16.0 Å². The molecule has 1 aromatic heterocycles. The summed E-state index contributed by atoms with van der Waals surface area (Å²) >= 11 is 12.0. The Hall–Kier alpha value is -1.77. The monoisotopic (exact) mass is 377 g/mol.